The molecule has 1 N–H and O–H groups in total. The van der Waals surface area contributed by atoms with Gasteiger partial charge in [0.25, 0.3) is 5.91 Å². The smallest absolute Gasteiger partial charge is 0.374 e. The van der Waals surface area contributed by atoms with E-state index in [-0.39, 0.29) is 5.76 Å². The molecule has 1 amide bonds. The van der Waals surface area contributed by atoms with Crippen molar-refractivity contribution in [1.29, 1.82) is 0 Å². The van der Waals surface area contributed by atoms with Gasteiger partial charge < -0.3 is 14.5 Å². The van der Waals surface area contributed by atoms with Crippen molar-refractivity contribution in [1.82, 2.24) is 9.78 Å². The third-order valence-electron chi connectivity index (χ3n) is 3.53. The Morgan fingerprint density at radius 1 is 1.26 bits per heavy atom. The largest absolute Gasteiger partial charge is 0.452 e. The van der Waals surface area contributed by atoms with Gasteiger partial charge in [-0.3, -0.25) is 9.48 Å². The van der Waals surface area contributed by atoms with Crippen LogP contribution in [0, 0.1) is 6.92 Å². The Kier molecular flexibility index (Phi) is 6.12. The zero-order valence-corrected chi connectivity index (χ0v) is 17.4. The van der Waals surface area contributed by atoms with Crippen LogP contribution in [0.4, 0.5) is 5.69 Å². The number of benzene rings is 1. The van der Waals surface area contributed by atoms with Crippen LogP contribution in [0.15, 0.2) is 56.1 Å². The molecule has 0 aliphatic heterocycles. The number of anilines is 1. The third kappa shape index (κ3) is 5.08. The summed E-state index contributed by atoms with van der Waals surface area (Å²) in [5.74, 6) is -0.582. The lowest BCUT2D eigenvalue weighted by molar-refractivity contribution is -0.119. The SMILES string of the molecule is Cc1cc(Br)c(NC(=O)COC(=O)c2ccc(Cn3cccn3)o2)c(Br)c1. The monoisotopic (exact) mass is 495 g/mol. The van der Waals surface area contributed by atoms with Gasteiger partial charge in [0.15, 0.2) is 6.61 Å². The van der Waals surface area contributed by atoms with Crippen molar-refractivity contribution in [3.8, 4) is 0 Å². The van der Waals surface area contributed by atoms with Crippen LogP contribution in [0.5, 0.6) is 0 Å². The van der Waals surface area contributed by atoms with E-state index in [0.29, 0.717) is 18.0 Å². The molecular formula is C18H15Br2N3O4. The maximum atomic E-state index is 12.1. The predicted octanol–water partition coefficient (Wildman–Crippen LogP) is 4.15. The second kappa shape index (κ2) is 8.53. The fourth-order valence-corrected chi connectivity index (χ4v) is 3.94. The molecule has 0 aliphatic carbocycles. The molecule has 0 aliphatic rings. The van der Waals surface area contributed by atoms with Crippen LogP contribution >= 0.6 is 31.9 Å². The fraction of sp³-hybridized carbons (Fsp3) is 0.167. The number of aryl methyl sites for hydroxylation is 1. The summed E-state index contributed by atoms with van der Waals surface area (Å²) in [6.07, 6.45) is 3.44. The summed E-state index contributed by atoms with van der Waals surface area (Å²) in [7, 11) is 0. The molecule has 0 bridgehead atoms. The number of amides is 1. The van der Waals surface area contributed by atoms with Crippen molar-refractivity contribution < 1.29 is 18.7 Å². The van der Waals surface area contributed by atoms with E-state index in [1.807, 2.05) is 19.1 Å². The van der Waals surface area contributed by atoms with Gasteiger partial charge in [0, 0.05) is 21.3 Å². The number of rotatable bonds is 6. The molecule has 0 radical (unpaired) electrons. The van der Waals surface area contributed by atoms with Gasteiger partial charge in [-0.25, -0.2) is 4.79 Å². The lowest BCUT2D eigenvalue weighted by Crippen LogP contribution is -2.21. The molecule has 2 heterocycles. The molecule has 3 rings (SSSR count). The normalized spacial score (nSPS) is 10.6. The Hall–Kier alpha value is -2.39. The van der Waals surface area contributed by atoms with Crippen LogP contribution in [0.25, 0.3) is 0 Å². The summed E-state index contributed by atoms with van der Waals surface area (Å²) < 4.78 is 13.6. The maximum Gasteiger partial charge on any atom is 0.374 e. The Balaban J connectivity index is 1.55. The molecule has 0 unspecified atom stereocenters. The van der Waals surface area contributed by atoms with Crippen LogP contribution in [-0.4, -0.2) is 28.3 Å². The Bertz CT molecular complexity index is 944. The van der Waals surface area contributed by atoms with Gasteiger partial charge in [-0.05, 0) is 74.7 Å². The predicted molar refractivity (Wildman–Crippen MR) is 106 cm³/mol. The van der Waals surface area contributed by atoms with Crippen molar-refractivity contribution in [2.75, 3.05) is 11.9 Å². The highest BCUT2D eigenvalue weighted by atomic mass is 79.9. The number of halogens is 2. The van der Waals surface area contributed by atoms with Crippen LogP contribution in [0.3, 0.4) is 0 Å². The van der Waals surface area contributed by atoms with Gasteiger partial charge >= 0.3 is 5.97 Å². The topological polar surface area (TPSA) is 86.4 Å². The molecule has 27 heavy (non-hydrogen) atoms. The molecule has 9 heteroatoms. The molecule has 0 fully saturated rings. The number of nitrogens with one attached hydrogen (secondary N) is 1. The molecule has 2 aromatic heterocycles. The first-order chi connectivity index (χ1) is 12.9. The van der Waals surface area contributed by atoms with E-state index in [4.69, 9.17) is 9.15 Å². The fourth-order valence-electron chi connectivity index (χ4n) is 2.32. The molecule has 0 saturated heterocycles. The molecule has 0 saturated carbocycles. The quantitative estimate of drug-likeness (QED) is 0.518. The highest BCUT2D eigenvalue weighted by Crippen LogP contribution is 2.32. The maximum absolute atomic E-state index is 12.1. The summed E-state index contributed by atoms with van der Waals surface area (Å²) in [6, 6.07) is 8.71. The summed E-state index contributed by atoms with van der Waals surface area (Å²) in [5, 5.41) is 6.76. The van der Waals surface area contributed by atoms with E-state index >= 15 is 0 Å². The van der Waals surface area contributed by atoms with Crippen molar-refractivity contribution in [3.05, 3.63) is 68.8 Å². The first-order valence-electron chi connectivity index (χ1n) is 7.91. The first-order valence-corrected chi connectivity index (χ1v) is 9.50. The Labute approximate surface area is 171 Å². The van der Waals surface area contributed by atoms with E-state index < -0.39 is 18.5 Å². The average Bonchev–Trinajstić information content (AvgIpc) is 3.28. The standard InChI is InChI=1S/C18H15Br2N3O4/c1-11-7-13(19)17(14(20)8-11)22-16(24)10-26-18(25)15-4-3-12(27-15)9-23-6-2-5-21-23/h2-8H,9-10H2,1H3,(H,22,24). The Morgan fingerprint density at radius 2 is 2.00 bits per heavy atom. The number of ether oxygens (including phenoxy) is 1. The minimum atomic E-state index is -0.709. The van der Waals surface area contributed by atoms with Crippen molar-refractivity contribution in [2.24, 2.45) is 0 Å². The summed E-state index contributed by atoms with van der Waals surface area (Å²) in [4.78, 5) is 24.1. The second-order valence-corrected chi connectivity index (χ2v) is 7.41. The molecule has 140 valence electrons. The lowest BCUT2D eigenvalue weighted by atomic mass is 10.2. The molecular weight excluding hydrogens is 482 g/mol. The van der Waals surface area contributed by atoms with Gasteiger partial charge in [-0.15, -0.1) is 0 Å². The van der Waals surface area contributed by atoms with E-state index in [0.717, 1.165) is 14.5 Å². The average molecular weight is 497 g/mol. The van der Waals surface area contributed by atoms with E-state index in [1.165, 1.54) is 6.07 Å². The minimum absolute atomic E-state index is 0.0302. The van der Waals surface area contributed by atoms with E-state index in [2.05, 4.69) is 42.3 Å². The van der Waals surface area contributed by atoms with Crippen molar-refractivity contribution in [2.45, 2.75) is 13.5 Å². The molecule has 7 nitrogen and oxygen atoms in total. The van der Waals surface area contributed by atoms with Crippen molar-refractivity contribution >= 4 is 49.4 Å². The zero-order chi connectivity index (χ0) is 19.4. The van der Waals surface area contributed by atoms with Gasteiger partial charge in [0.2, 0.25) is 5.76 Å². The van der Waals surface area contributed by atoms with Crippen molar-refractivity contribution in [3.63, 3.8) is 0 Å². The summed E-state index contributed by atoms with van der Waals surface area (Å²) in [5.41, 5.74) is 1.60. The molecule has 3 aromatic rings. The number of hydrogen-bond donors (Lipinski definition) is 1. The van der Waals surface area contributed by atoms with Gasteiger partial charge in [0.1, 0.15) is 5.76 Å². The van der Waals surface area contributed by atoms with Crippen LogP contribution in [0.2, 0.25) is 0 Å². The van der Waals surface area contributed by atoms with Gasteiger partial charge in [-0.1, -0.05) is 0 Å². The van der Waals surface area contributed by atoms with Crippen LogP contribution < -0.4 is 5.32 Å². The highest BCUT2D eigenvalue weighted by Gasteiger charge is 2.16. The highest BCUT2D eigenvalue weighted by molar-refractivity contribution is 9.11. The third-order valence-corrected chi connectivity index (χ3v) is 4.78. The van der Waals surface area contributed by atoms with Gasteiger partial charge in [-0.2, -0.15) is 5.10 Å². The zero-order valence-electron chi connectivity index (χ0n) is 14.2. The number of furan rings is 1. The lowest BCUT2D eigenvalue weighted by Gasteiger charge is -2.10. The number of nitrogens with zero attached hydrogens (tertiary/aromatic N) is 2. The van der Waals surface area contributed by atoms with E-state index in [1.54, 1.807) is 29.2 Å². The molecule has 1 aromatic carbocycles. The molecule has 0 spiro atoms. The van der Waals surface area contributed by atoms with Gasteiger partial charge in [0.05, 0.1) is 12.2 Å². The number of hydrogen-bond acceptors (Lipinski definition) is 5. The van der Waals surface area contributed by atoms with Crippen LogP contribution in [0.1, 0.15) is 21.9 Å². The van der Waals surface area contributed by atoms with E-state index in [9.17, 15) is 9.59 Å². The summed E-state index contributed by atoms with van der Waals surface area (Å²) >= 11 is 6.79. The summed E-state index contributed by atoms with van der Waals surface area (Å²) in [6.45, 7) is 1.91. The number of carbonyl (C=O) groups excluding carboxylic acids is 2. The Morgan fingerprint density at radius 3 is 2.67 bits per heavy atom. The number of carbonyl (C=O) groups is 2. The first kappa shape index (κ1) is 19.4. The number of esters is 1. The molecule has 0 atom stereocenters. The van der Waals surface area contributed by atoms with Crippen LogP contribution in [-0.2, 0) is 16.1 Å². The second-order valence-electron chi connectivity index (χ2n) is 5.70. The number of aromatic nitrogens is 2. The minimum Gasteiger partial charge on any atom is -0.452 e.